The summed E-state index contributed by atoms with van der Waals surface area (Å²) in [4.78, 5) is 38.2. The molecule has 130 valence electrons. The van der Waals surface area contributed by atoms with E-state index < -0.39 is 10.8 Å². The summed E-state index contributed by atoms with van der Waals surface area (Å²) in [7, 11) is 0. The van der Waals surface area contributed by atoms with Crippen LogP contribution in [-0.2, 0) is 4.79 Å². The van der Waals surface area contributed by atoms with Gasteiger partial charge in [-0.25, -0.2) is 4.98 Å². The third-order valence-electron chi connectivity index (χ3n) is 3.20. The molecular formula is C16H15ClN4O4. The Labute approximate surface area is 148 Å². The molecule has 0 saturated carbocycles. The van der Waals surface area contributed by atoms with Crippen molar-refractivity contribution in [3.63, 3.8) is 0 Å². The number of non-ortho nitro benzene ring substituents is 1. The summed E-state index contributed by atoms with van der Waals surface area (Å²) in [5.74, 6) is -0.475. The van der Waals surface area contributed by atoms with Gasteiger partial charge in [0.15, 0.2) is 0 Å². The van der Waals surface area contributed by atoms with E-state index in [1.165, 1.54) is 12.1 Å². The second kappa shape index (κ2) is 8.20. The Morgan fingerprint density at radius 3 is 2.72 bits per heavy atom. The van der Waals surface area contributed by atoms with Crippen LogP contribution in [-0.4, -0.2) is 28.3 Å². The molecule has 0 spiro atoms. The highest BCUT2D eigenvalue weighted by molar-refractivity contribution is 6.33. The Morgan fingerprint density at radius 1 is 1.28 bits per heavy atom. The molecule has 2 N–H and O–H groups in total. The predicted octanol–water partition coefficient (Wildman–Crippen LogP) is 2.71. The average molecular weight is 363 g/mol. The van der Waals surface area contributed by atoms with Crippen molar-refractivity contribution in [3.05, 3.63) is 62.8 Å². The molecular weight excluding hydrogens is 348 g/mol. The van der Waals surface area contributed by atoms with Crippen LogP contribution in [0.2, 0.25) is 5.02 Å². The van der Waals surface area contributed by atoms with Crippen molar-refractivity contribution in [1.82, 2.24) is 10.3 Å². The number of hydrogen-bond donors (Lipinski definition) is 2. The number of anilines is 1. The predicted molar refractivity (Wildman–Crippen MR) is 92.7 cm³/mol. The average Bonchev–Trinajstić information content (AvgIpc) is 2.54. The number of carbonyl (C=O) groups is 2. The van der Waals surface area contributed by atoms with Gasteiger partial charge in [-0.15, -0.1) is 0 Å². The molecule has 8 nitrogen and oxygen atoms in total. The molecule has 0 radical (unpaired) electrons. The molecule has 2 amide bonds. The van der Waals surface area contributed by atoms with Gasteiger partial charge in [-0.1, -0.05) is 17.7 Å². The number of nitro benzene ring substituents is 1. The molecule has 25 heavy (non-hydrogen) atoms. The number of halogens is 1. The summed E-state index contributed by atoms with van der Waals surface area (Å²) >= 11 is 5.89. The number of hydrogen-bond acceptors (Lipinski definition) is 5. The largest absolute Gasteiger partial charge is 0.351 e. The highest BCUT2D eigenvalue weighted by atomic mass is 35.5. The zero-order valence-corrected chi connectivity index (χ0v) is 14.0. The van der Waals surface area contributed by atoms with Gasteiger partial charge in [0.05, 0.1) is 15.5 Å². The van der Waals surface area contributed by atoms with Crippen LogP contribution in [0.15, 0.2) is 36.4 Å². The molecule has 2 aromatic rings. The van der Waals surface area contributed by atoms with Crippen LogP contribution in [0.25, 0.3) is 0 Å². The van der Waals surface area contributed by atoms with Gasteiger partial charge in [0.2, 0.25) is 5.91 Å². The van der Waals surface area contributed by atoms with Crippen molar-refractivity contribution in [1.29, 1.82) is 0 Å². The number of pyridine rings is 1. The van der Waals surface area contributed by atoms with E-state index in [1.54, 1.807) is 25.1 Å². The fourth-order valence-electron chi connectivity index (χ4n) is 2.00. The topological polar surface area (TPSA) is 114 Å². The lowest BCUT2D eigenvalue weighted by Gasteiger charge is -2.08. The quantitative estimate of drug-likeness (QED) is 0.605. The van der Waals surface area contributed by atoms with Crippen LogP contribution < -0.4 is 10.6 Å². The normalized spacial score (nSPS) is 10.2. The Kier molecular flexibility index (Phi) is 6.02. The smallest absolute Gasteiger partial charge is 0.270 e. The number of nitro groups is 1. The number of amides is 2. The summed E-state index contributed by atoms with van der Waals surface area (Å²) < 4.78 is 0. The number of nitrogens with zero attached hydrogens (tertiary/aromatic N) is 2. The lowest BCUT2D eigenvalue weighted by atomic mass is 10.2. The van der Waals surface area contributed by atoms with Crippen molar-refractivity contribution in [3.8, 4) is 0 Å². The Hall–Kier alpha value is -3.00. The maximum absolute atomic E-state index is 12.1. The van der Waals surface area contributed by atoms with Gasteiger partial charge in [-0.05, 0) is 25.1 Å². The first kappa shape index (κ1) is 18.3. The summed E-state index contributed by atoms with van der Waals surface area (Å²) in [5, 5.41) is 16.0. The molecule has 0 saturated heterocycles. The Morgan fingerprint density at radius 2 is 2.04 bits per heavy atom. The van der Waals surface area contributed by atoms with Gasteiger partial charge in [0, 0.05) is 30.8 Å². The fourth-order valence-corrected chi connectivity index (χ4v) is 2.21. The maximum atomic E-state index is 12.1. The van der Waals surface area contributed by atoms with Crippen LogP contribution >= 0.6 is 11.6 Å². The van der Waals surface area contributed by atoms with E-state index in [2.05, 4.69) is 15.6 Å². The molecule has 9 heteroatoms. The minimum Gasteiger partial charge on any atom is -0.351 e. The highest BCUT2D eigenvalue weighted by Gasteiger charge is 2.16. The molecule has 0 aliphatic heterocycles. The minimum absolute atomic E-state index is 0.0170. The molecule has 1 heterocycles. The van der Waals surface area contributed by atoms with Crippen molar-refractivity contribution in [2.24, 2.45) is 0 Å². The van der Waals surface area contributed by atoms with Crippen LogP contribution in [0.3, 0.4) is 0 Å². The zero-order valence-electron chi connectivity index (χ0n) is 13.3. The Balaban J connectivity index is 1.89. The van der Waals surface area contributed by atoms with E-state index >= 15 is 0 Å². The zero-order chi connectivity index (χ0) is 18.4. The van der Waals surface area contributed by atoms with Gasteiger partial charge in [0.1, 0.15) is 5.82 Å². The summed E-state index contributed by atoms with van der Waals surface area (Å²) in [6.07, 6.45) is 0.0217. The van der Waals surface area contributed by atoms with E-state index in [9.17, 15) is 19.7 Å². The SMILES string of the molecule is Cc1cccc(NC(=O)CCNC(=O)c2cc([N+](=O)[O-])ccc2Cl)n1. The number of benzene rings is 1. The second-order valence-electron chi connectivity index (χ2n) is 5.14. The molecule has 1 aromatic heterocycles. The number of aromatic nitrogens is 1. The lowest BCUT2D eigenvalue weighted by molar-refractivity contribution is -0.384. The monoisotopic (exact) mass is 362 g/mol. The van der Waals surface area contributed by atoms with Crippen LogP contribution in [0.5, 0.6) is 0 Å². The molecule has 0 bridgehead atoms. The minimum atomic E-state index is -0.616. The van der Waals surface area contributed by atoms with Crippen molar-refractivity contribution < 1.29 is 14.5 Å². The maximum Gasteiger partial charge on any atom is 0.270 e. The van der Waals surface area contributed by atoms with Crippen LogP contribution in [0.4, 0.5) is 11.5 Å². The van der Waals surface area contributed by atoms with Gasteiger partial charge < -0.3 is 10.6 Å². The third-order valence-corrected chi connectivity index (χ3v) is 3.53. The van der Waals surface area contributed by atoms with Crippen molar-refractivity contribution in [2.45, 2.75) is 13.3 Å². The lowest BCUT2D eigenvalue weighted by Crippen LogP contribution is -2.28. The number of carbonyl (C=O) groups excluding carboxylic acids is 2. The molecule has 2 rings (SSSR count). The van der Waals surface area contributed by atoms with E-state index in [-0.39, 0.29) is 35.1 Å². The molecule has 0 fully saturated rings. The summed E-state index contributed by atoms with van der Waals surface area (Å²) in [6.45, 7) is 1.86. The molecule has 0 unspecified atom stereocenters. The second-order valence-corrected chi connectivity index (χ2v) is 5.55. The standard InChI is InChI=1S/C16H15ClN4O4/c1-10-3-2-4-14(19-10)20-15(22)7-8-18-16(23)12-9-11(21(24)25)5-6-13(12)17/h2-6,9H,7-8H2,1H3,(H,18,23)(H,19,20,22). The van der Waals surface area contributed by atoms with Gasteiger partial charge in [0.25, 0.3) is 11.6 Å². The van der Waals surface area contributed by atoms with Gasteiger partial charge in [-0.2, -0.15) is 0 Å². The molecule has 0 atom stereocenters. The van der Waals surface area contributed by atoms with E-state index in [0.29, 0.717) is 5.82 Å². The Bertz CT molecular complexity index is 826. The van der Waals surface area contributed by atoms with E-state index in [4.69, 9.17) is 11.6 Å². The van der Waals surface area contributed by atoms with Crippen LogP contribution in [0, 0.1) is 17.0 Å². The van der Waals surface area contributed by atoms with Crippen LogP contribution in [0.1, 0.15) is 22.5 Å². The highest BCUT2D eigenvalue weighted by Crippen LogP contribution is 2.21. The van der Waals surface area contributed by atoms with E-state index in [0.717, 1.165) is 11.8 Å². The van der Waals surface area contributed by atoms with Crippen molar-refractivity contribution in [2.75, 3.05) is 11.9 Å². The number of aryl methyl sites for hydroxylation is 1. The molecule has 1 aromatic carbocycles. The number of nitrogens with one attached hydrogen (secondary N) is 2. The number of rotatable bonds is 6. The fraction of sp³-hybridized carbons (Fsp3) is 0.188. The van der Waals surface area contributed by atoms with Gasteiger partial charge >= 0.3 is 0 Å². The first-order valence-electron chi connectivity index (χ1n) is 7.32. The third kappa shape index (κ3) is 5.25. The first-order chi connectivity index (χ1) is 11.9. The van der Waals surface area contributed by atoms with Gasteiger partial charge in [-0.3, -0.25) is 19.7 Å². The molecule has 0 aliphatic carbocycles. The molecule has 0 aliphatic rings. The first-order valence-corrected chi connectivity index (χ1v) is 7.70. The summed E-state index contributed by atoms with van der Waals surface area (Å²) in [6, 6.07) is 8.82. The van der Waals surface area contributed by atoms with Crippen molar-refractivity contribution >= 4 is 34.9 Å². The summed E-state index contributed by atoms with van der Waals surface area (Å²) in [5.41, 5.74) is 0.515. The van der Waals surface area contributed by atoms with E-state index in [1.807, 2.05) is 0 Å².